The second-order valence-electron chi connectivity index (χ2n) is 7.38. The van der Waals surface area contributed by atoms with Crippen LogP contribution in [0, 0.1) is 5.92 Å². The van der Waals surface area contributed by atoms with Crippen molar-refractivity contribution in [1.82, 2.24) is 16.0 Å². The molecule has 2 aliphatic heterocycles. The molecule has 2 atom stereocenters. The largest absolute Gasteiger partial charge is 0.416 e. The fourth-order valence-electron chi connectivity index (χ4n) is 3.98. The molecule has 2 amide bonds. The molecule has 29 heavy (non-hydrogen) atoms. The number of carbonyl (C=O) groups is 2. The average Bonchev–Trinajstić information content (AvgIpc) is 3.07. The second kappa shape index (κ2) is 8.68. The summed E-state index contributed by atoms with van der Waals surface area (Å²) in [5.74, 6) is -1.28. The summed E-state index contributed by atoms with van der Waals surface area (Å²) in [6, 6.07) is 3.99. The van der Waals surface area contributed by atoms with Crippen molar-refractivity contribution in [3.8, 4) is 0 Å². The van der Waals surface area contributed by atoms with E-state index in [2.05, 4.69) is 16.0 Å². The maximum Gasteiger partial charge on any atom is 0.416 e. The maximum absolute atomic E-state index is 12.8. The van der Waals surface area contributed by atoms with Gasteiger partial charge in [0.05, 0.1) is 23.8 Å². The highest BCUT2D eigenvalue weighted by Crippen LogP contribution is 2.33. The van der Waals surface area contributed by atoms with Gasteiger partial charge in [-0.1, -0.05) is 6.07 Å². The standard InChI is InChI=1S/C19H24F3N3O4/c20-19(21,22)14-3-1-2-12(8-14)17(28)24-10-16(27)25-18(11-23-9-15(18)26)13-4-6-29-7-5-13/h1-3,8,13,15,23,26H,4-7,9-11H2,(H,24,28)(H,25,27)/t15-,18+/m1/s1. The van der Waals surface area contributed by atoms with E-state index in [1.807, 2.05) is 0 Å². The lowest BCUT2D eigenvalue weighted by Gasteiger charge is -2.42. The van der Waals surface area contributed by atoms with Gasteiger partial charge in [0.2, 0.25) is 5.91 Å². The molecular weight excluding hydrogens is 391 g/mol. The first-order chi connectivity index (χ1) is 13.7. The maximum atomic E-state index is 12.8. The number of rotatable bonds is 5. The van der Waals surface area contributed by atoms with Gasteiger partial charge in [0.1, 0.15) is 0 Å². The van der Waals surface area contributed by atoms with Crippen LogP contribution in [0.1, 0.15) is 28.8 Å². The number of aliphatic hydroxyl groups excluding tert-OH is 1. The summed E-state index contributed by atoms with van der Waals surface area (Å²) in [5, 5.41) is 18.8. The number of hydrogen-bond acceptors (Lipinski definition) is 5. The van der Waals surface area contributed by atoms with Gasteiger partial charge in [0.15, 0.2) is 0 Å². The first-order valence-electron chi connectivity index (χ1n) is 9.45. The number of aliphatic hydroxyl groups is 1. The van der Waals surface area contributed by atoms with Crippen LogP contribution in [0.4, 0.5) is 13.2 Å². The summed E-state index contributed by atoms with van der Waals surface area (Å²) in [7, 11) is 0. The lowest BCUT2D eigenvalue weighted by Crippen LogP contribution is -2.63. The molecule has 0 radical (unpaired) electrons. The number of nitrogens with one attached hydrogen (secondary N) is 3. The third-order valence-electron chi connectivity index (χ3n) is 5.53. The van der Waals surface area contributed by atoms with E-state index >= 15 is 0 Å². The Morgan fingerprint density at radius 2 is 2.00 bits per heavy atom. The minimum atomic E-state index is -4.56. The van der Waals surface area contributed by atoms with Crippen LogP contribution >= 0.6 is 0 Å². The molecular formula is C19H24F3N3O4. The zero-order valence-electron chi connectivity index (χ0n) is 15.7. The Balaban J connectivity index is 1.62. The SMILES string of the molecule is O=C(CNC(=O)c1cccc(C(F)(F)F)c1)N[C@]1(C2CCOCC2)CNC[C@H]1O. The normalized spacial score (nSPS) is 25.6. The van der Waals surface area contributed by atoms with Crippen molar-refractivity contribution < 1.29 is 32.6 Å². The monoisotopic (exact) mass is 415 g/mol. The Kier molecular flexibility index (Phi) is 6.45. The summed E-state index contributed by atoms with van der Waals surface area (Å²) in [6.07, 6.45) is -3.96. The van der Waals surface area contributed by atoms with E-state index in [9.17, 15) is 27.9 Å². The highest BCUT2D eigenvalue weighted by molar-refractivity contribution is 5.96. The van der Waals surface area contributed by atoms with E-state index in [1.165, 1.54) is 6.07 Å². The predicted octanol–water partition coefficient (Wildman–Crippen LogP) is 0.681. The summed E-state index contributed by atoms with van der Waals surface area (Å²) < 4.78 is 43.7. The van der Waals surface area contributed by atoms with E-state index in [4.69, 9.17) is 4.74 Å². The third kappa shape index (κ3) is 4.88. The lowest BCUT2D eigenvalue weighted by atomic mass is 9.76. The molecule has 1 aromatic rings. The molecule has 0 saturated carbocycles. The Bertz CT molecular complexity index is 752. The van der Waals surface area contributed by atoms with Crippen molar-refractivity contribution in [3.05, 3.63) is 35.4 Å². The number of carbonyl (C=O) groups excluding carboxylic acids is 2. The van der Waals surface area contributed by atoms with Gasteiger partial charge in [-0.25, -0.2) is 0 Å². The second-order valence-corrected chi connectivity index (χ2v) is 7.38. The number of alkyl halides is 3. The van der Waals surface area contributed by atoms with Crippen LogP contribution in [0.5, 0.6) is 0 Å². The van der Waals surface area contributed by atoms with E-state index < -0.39 is 41.7 Å². The summed E-state index contributed by atoms with van der Waals surface area (Å²) in [6.45, 7) is 1.41. The summed E-state index contributed by atoms with van der Waals surface area (Å²) in [4.78, 5) is 24.7. The molecule has 4 N–H and O–H groups in total. The molecule has 2 saturated heterocycles. The van der Waals surface area contributed by atoms with Crippen molar-refractivity contribution >= 4 is 11.8 Å². The van der Waals surface area contributed by atoms with E-state index in [0.717, 1.165) is 18.2 Å². The van der Waals surface area contributed by atoms with Gasteiger partial charge in [0.25, 0.3) is 5.91 Å². The van der Waals surface area contributed by atoms with Gasteiger partial charge in [-0.3, -0.25) is 9.59 Å². The molecule has 2 fully saturated rings. The number of halogens is 3. The van der Waals surface area contributed by atoms with Gasteiger partial charge < -0.3 is 25.8 Å². The number of ether oxygens (including phenoxy) is 1. The molecule has 160 valence electrons. The summed E-state index contributed by atoms with van der Waals surface area (Å²) in [5.41, 5.74) is -1.98. The van der Waals surface area contributed by atoms with Crippen molar-refractivity contribution in [1.29, 1.82) is 0 Å². The molecule has 0 bridgehead atoms. The quantitative estimate of drug-likeness (QED) is 0.567. The molecule has 7 nitrogen and oxygen atoms in total. The van der Waals surface area contributed by atoms with Crippen molar-refractivity contribution in [2.45, 2.75) is 30.7 Å². The Hall–Kier alpha value is -2.17. The van der Waals surface area contributed by atoms with Crippen molar-refractivity contribution in [3.63, 3.8) is 0 Å². The number of amides is 2. The van der Waals surface area contributed by atoms with Gasteiger partial charge in [0, 0.05) is 31.9 Å². The highest BCUT2D eigenvalue weighted by Gasteiger charge is 2.49. The van der Waals surface area contributed by atoms with Crippen LogP contribution < -0.4 is 16.0 Å². The molecule has 0 aliphatic carbocycles. The van der Waals surface area contributed by atoms with Crippen molar-refractivity contribution in [2.24, 2.45) is 5.92 Å². The van der Waals surface area contributed by atoms with Crippen LogP contribution in [0.2, 0.25) is 0 Å². The molecule has 0 spiro atoms. The van der Waals surface area contributed by atoms with Crippen LogP contribution in [0.3, 0.4) is 0 Å². The van der Waals surface area contributed by atoms with E-state index in [-0.39, 0.29) is 11.5 Å². The third-order valence-corrected chi connectivity index (χ3v) is 5.53. The first-order valence-corrected chi connectivity index (χ1v) is 9.45. The van der Waals surface area contributed by atoms with Crippen LogP contribution in [-0.4, -0.2) is 61.4 Å². The lowest BCUT2D eigenvalue weighted by molar-refractivity contribution is -0.137. The minimum absolute atomic E-state index is 0.0179. The van der Waals surface area contributed by atoms with E-state index in [0.29, 0.717) is 39.1 Å². The molecule has 10 heteroatoms. The molecule has 0 aromatic heterocycles. The molecule has 2 aliphatic rings. The molecule has 2 heterocycles. The van der Waals surface area contributed by atoms with Gasteiger partial charge in [-0.2, -0.15) is 13.2 Å². The van der Waals surface area contributed by atoms with Gasteiger partial charge >= 0.3 is 6.18 Å². The summed E-state index contributed by atoms with van der Waals surface area (Å²) >= 11 is 0. The van der Waals surface area contributed by atoms with Gasteiger partial charge in [-0.15, -0.1) is 0 Å². The first kappa shape index (κ1) is 21.5. The molecule has 3 rings (SSSR count). The average molecular weight is 415 g/mol. The Morgan fingerprint density at radius 3 is 2.62 bits per heavy atom. The fourth-order valence-corrected chi connectivity index (χ4v) is 3.98. The van der Waals surface area contributed by atoms with Crippen LogP contribution in [-0.2, 0) is 15.7 Å². The zero-order chi connectivity index (χ0) is 21.1. The zero-order valence-corrected chi connectivity index (χ0v) is 15.7. The molecule has 1 aromatic carbocycles. The number of hydrogen-bond donors (Lipinski definition) is 4. The Labute approximate surface area is 166 Å². The minimum Gasteiger partial charge on any atom is -0.389 e. The molecule has 0 unspecified atom stereocenters. The fraction of sp³-hybridized carbons (Fsp3) is 0.579. The van der Waals surface area contributed by atoms with Crippen LogP contribution in [0.15, 0.2) is 24.3 Å². The predicted molar refractivity (Wildman–Crippen MR) is 97.1 cm³/mol. The number of β-amino-alcohol motifs (C(OH)–C–C–N with tert-alkyl or cyclic N) is 1. The number of benzene rings is 1. The van der Waals surface area contributed by atoms with Gasteiger partial charge in [-0.05, 0) is 37.0 Å². The van der Waals surface area contributed by atoms with Crippen LogP contribution in [0.25, 0.3) is 0 Å². The Morgan fingerprint density at radius 1 is 1.28 bits per heavy atom. The highest BCUT2D eigenvalue weighted by atomic mass is 19.4. The topological polar surface area (TPSA) is 99.7 Å². The van der Waals surface area contributed by atoms with Crippen molar-refractivity contribution in [2.75, 3.05) is 32.8 Å². The van der Waals surface area contributed by atoms with E-state index in [1.54, 1.807) is 0 Å². The smallest absolute Gasteiger partial charge is 0.389 e.